The van der Waals surface area contributed by atoms with E-state index in [1.807, 2.05) is 13.8 Å². The number of hydrogen-bond acceptors (Lipinski definition) is 5. The van der Waals surface area contributed by atoms with Crippen LogP contribution in [0.1, 0.15) is 26.2 Å². The molecule has 0 radical (unpaired) electrons. The fraction of sp³-hybridized carbons (Fsp3) is 0.818. The molecule has 1 unspecified atom stereocenters. The van der Waals surface area contributed by atoms with Crippen LogP contribution in [0.3, 0.4) is 0 Å². The van der Waals surface area contributed by atoms with E-state index in [1.165, 1.54) is 0 Å². The van der Waals surface area contributed by atoms with E-state index in [0.717, 1.165) is 0 Å². The number of aromatic nitrogens is 2. The largest absolute Gasteiger partial charge is 0.404 e. The first-order chi connectivity index (χ1) is 8.94. The molecule has 0 aliphatic carbocycles. The highest BCUT2D eigenvalue weighted by Crippen LogP contribution is 2.44. The summed E-state index contributed by atoms with van der Waals surface area (Å²) in [6, 6.07) is 0. The lowest BCUT2D eigenvalue weighted by molar-refractivity contribution is -0.191. The van der Waals surface area contributed by atoms with Gasteiger partial charge < -0.3 is 14.7 Å². The quantitative estimate of drug-likeness (QED) is 0.908. The summed E-state index contributed by atoms with van der Waals surface area (Å²) >= 11 is 0. The third-order valence-electron chi connectivity index (χ3n) is 3.57. The molecule has 0 spiro atoms. The fourth-order valence-electron chi connectivity index (χ4n) is 2.28. The van der Waals surface area contributed by atoms with Crippen LogP contribution in [0.15, 0.2) is 4.52 Å². The van der Waals surface area contributed by atoms with Crippen molar-refractivity contribution in [3.8, 4) is 0 Å². The SMILES string of the molecule is CCN(CC)c1noc(C2(C(F)(F)F)CCNC2)n1. The predicted molar refractivity (Wildman–Crippen MR) is 63.1 cm³/mol. The number of halogens is 3. The molecule has 1 aromatic rings. The molecular weight excluding hydrogens is 261 g/mol. The van der Waals surface area contributed by atoms with Crippen LogP contribution in [0.2, 0.25) is 0 Å². The third-order valence-corrected chi connectivity index (χ3v) is 3.57. The predicted octanol–water partition coefficient (Wildman–Crippen LogP) is 1.71. The molecule has 1 N–H and O–H groups in total. The molecule has 0 saturated carbocycles. The summed E-state index contributed by atoms with van der Waals surface area (Å²) in [5.41, 5.74) is -2.05. The highest BCUT2D eigenvalue weighted by Gasteiger charge is 2.61. The molecule has 1 saturated heterocycles. The zero-order valence-electron chi connectivity index (χ0n) is 10.9. The van der Waals surface area contributed by atoms with E-state index in [0.29, 0.717) is 19.6 Å². The average Bonchev–Trinajstić information content (AvgIpc) is 2.98. The van der Waals surface area contributed by atoms with E-state index in [-0.39, 0.29) is 24.8 Å². The van der Waals surface area contributed by atoms with Gasteiger partial charge in [0, 0.05) is 19.6 Å². The number of alkyl halides is 3. The first-order valence-electron chi connectivity index (χ1n) is 6.31. The zero-order chi connectivity index (χ0) is 14.1. The first-order valence-corrected chi connectivity index (χ1v) is 6.31. The Labute approximate surface area is 109 Å². The van der Waals surface area contributed by atoms with Crippen LogP contribution in [-0.2, 0) is 5.41 Å². The second kappa shape index (κ2) is 4.99. The lowest BCUT2D eigenvalue weighted by Gasteiger charge is -2.26. The molecule has 2 heterocycles. The second-order valence-corrected chi connectivity index (χ2v) is 4.58. The Morgan fingerprint density at radius 1 is 1.37 bits per heavy atom. The third kappa shape index (κ3) is 2.29. The van der Waals surface area contributed by atoms with E-state index in [1.54, 1.807) is 4.90 Å². The summed E-state index contributed by atoms with van der Waals surface area (Å²) in [5.74, 6) is -0.123. The summed E-state index contributed by atoms with van der Waals surface area (Å²) in [6.45, 7) is 5.09. The first kappa shape index (κ1) is 14.1. The summed E-state index contributed by atoms with van der Waals surface area (Å²) < 4.78 is 44.8. The Kier molecular flexibility index (Phi) is 3.71. The number of rotatable bonds is 4. The van der Waals surface area contributed by atoms with Gasteiger partial charge in [0.05, 0.1) is 0 Å². The average molecular weight is 278 g/mol. The van der Waals surface area contributed by atoms with Crippen molar-refractivity contribution in [2.24, 2.45) is 0 Å². The van der Waals surface area contributed by atoms with Crippen molar-refractivity contribution < 1.29 is 17.7 Å². The van der Waals surface area contributed by atoms with E-state index in [9.17, 15) is 13.2 Å². The molecule has 1 atom stereocenters. The lowest BCUT2D eigenvalue weighted by atomic mass is 9.86. The van der Waals surface area contributed by atoms with Crippen LogP contribution in [0.5, 0.6) is 0 Å². The van der Waals surface area contributed by atoms with Crippen LogP contribution >= 0.6 is 0 Å². The van der Waals surface area contributed by atoms with Gasteiger partial charge >= 0.3 is 6.18 Å². The van der Waals surface area contributed by atoms with Crippen molar-refractivity contribution in [3.63, 3.8) is 0 Å². The molecule has 8 heteroatoms. The van der Waals surface area contributed by atoms with Gasteiger partial charge in [-0.3, -0.25) is 0 Å². The summed E-state index contributed by atoms with van der Waals surface area (Å²) in [4.78, 5) is 5.71. The maximum atomic E-state index is 13.3. The molecule has 2 rings (SSSR count). The van der Waals surface area contributed by atoms with E-state index in [2.05, 4.69) is 15.5 Å². The van der Waals surface area contributed by atoms with Crippen molar-refractivity contribution >= 4 is 5.95 Å². The maximum absolute atomic E-state index is 13.3. The van der Waals surface area contributed by atoms with Gasteiger partial charge in [-0.15, -0.1) is 0 Å². The minimum atomic E-state index is -4.40. The van der Waals surface area contributed by atoms with Crippen molar-refractivity contribution in [3.05, 3.63) is 5.89 Å². The Morgan fingerprint density at radius 2 is 2.05 bits per heavy atom. The number of hydrogen-bond donors (Lipinski definition) is 1. The fourth-order valence-corrected chi connectivity index (χ4v) is 2.28. The van der Waals surface area contributed by atoms with E-state index >= 15 is 0 Å². The summed E-state index contributed by atoms with van der Waals surface area (Å²) in [6.07, 6.45) is -4.47. The molecule has 19 heavy (non-hydrogen) atoms. The lowest BCUT2D eigenvalue weighted by Crippen LogP contribution is -2.44. The Bertz CT molecular complexity index is 422. The highest BCUT2D eigenvalue weighted by molar-refractivity contribution is 5.29. The molecule has 0 aromatic carbocycles. The maximum Gasteiger partial charge on any atom is 0.404 e. The molecular formula is C11H17F3N4O. The Balaban J connectivity index is 2.34. The Morgan fingerprint density at radius 3 is 2.53 bits per heavy atom. The molecule has 108 valence electrons. The van der Waals surface area contributed by atoms with Crippen LogP contribution in [0.4, 0.5) is 19.1 Å². The topological polar surface area (TPSA) is 54.2 Å². The van der Waals surface area contributed by atoms with Gasteiger partial charge in [-0.25, -0.2) is 0 Å². The van der Waals surface area contributed by atoms with Gasteiger partial charge in [0.1, 0.15) is 0 Å². The summed E-state index contributed by atoms with van der Waals surface area (Å²) in [5, 5.41) is 6.40. The molecule has 5 nitrogen and oxygen atoms in total. The number of nitrogens with zero attached hydrogens (tertiary/aromatic N) is 3. The van der Waals surface area contributed by atoms with Crippen LogP contribution in [0, 0.1) is 0 Å². The smallest absolute Gasteiger partial charge is 0.339 e. The summed E-state index contributed by atoms with van der Waals surface area (Å²) in [7, 11) is 0. The number of nitrogens with one attached hydrogen (secondary N) is 1. The van der Waals surface area contributed by atoms with E-state index in [4.69, 9.17) is 4.52 Å². The van der Waals surface area contributed by atoms with Crippen LogP contribution < -0.4 is 10.2 Å². The van der Waals surface area contributed by atoms with Gasteiger partial charge in [0.2, 0.25) is 5.89 Å². The van der Waals surface area contributed by atoms with Gasteiger partial charge in [-0.1, -0.05) is 0 Å². The molecule has 0 bridgehead atoms. The van der Waals surface area contributed by atoms with Gasteiger partial charge in [-0.2, -0.15) is 18.2 Å². The zero-order valence-corrected chi connectivity index (χ0v) is 10.9. The van der Waals surface area contributed by atoms with Crippen molar-refractivity contribution in [1.82, 2.24) is 15.5 Å². The van der Waals surface area contributed by atoms with Gasteiger partial charge in [0.15, 0.2) is 5.41 Å². The standard InChI is InChI=1S/C11H17F3N4O/c1-3-18(4-2)9-16-8(19-17-9)10(11(12,13)14)5-6-15-7-10/h15H,3-7H2,1-2H3. The van der Waals surface area contributed by atoms with Crippen LogP contribution in [0.25, 0.3) is 0 Å². The van der Waals surface area contributed by atoms with Gasteiger partial charge in [0.25, 0.3) is 5.95 Å². The van der Waals surface area contributed by atoms with Gasteiger partial charge in [-0.05, 0) is 32.0 Å². The molecule has 1 aromatic heterocycles. The molecule has 1 fully saturated rings. The molecule has 1 aliphatic heterocycles. The number of anilines is 1. The second-order valence-electron chi connectivity index (χ2n) is 4.58. The molecule has 1 aliphatic rings. The molecule has 0 amide bonds. The Hall–Kier alpha value is -1.31. The minimum absolute atomic E-state index is 0.0730. The van der Waals surface area contributed by atoms with Crippen LogP contribution in [-0.4, -0.2) is 42.5 Å². The van der Waals surface area contributed by atoms with Crippen molar-refractivity contribution in [1.29, 1.82) is 0 Å². The van der Waals surface area contributed by atoms with Crippen molar-refractivity contribution in [2.75, 3.05) is 31.1 Å². The van der Waals surface area contributed by atoms with Crippen molar-refractivity contribution in [2.45, 2.75) is 31.9 Å². The monoisotopic (exact) mass is 278 g/mol. The minimum Gasteiger partial charge on any atom is -0.339 e. The normalized spacial score (nSPS) is 23.8. The highest BCUT2D eigenvalue weighted by atomic mass is 19.4. The van der Waals surface area contributed by atoms with E-state index < -0.39 is 11.6 Å².